The molecule has 2 fully saturated rings. The summed E-state index contributed by atoms with van der Waals surface area (Å²) in [6.07, 6.45) is -0.0691. The summed E-state index contributed by atoms with van der Waals surface area (Å²) in [4.78, 5) is 13.1. The Hall–Kier alpha value is -2.12. The second-order valence-electron chi connectivity index (χ2n) is 11.8. The summed E-state index contributed by atoms with van der Waals surface area (Å²) >= 11 is 0. The molecule has 0 N–H and O–H groups in total. The third-order valence-electron chi connectivity index (χ3n) is 8.30. The molecule has 0 aromatic heterocycles. The van der Waals surface area contributed by atoms with Crippen LogP contribution in [0.4, 0.5) is 0 Å². The molecule has 8 heteroatoms. The third kappa shape index (κ3) is 4.14. The Bertz CT molecular complexity index is 1120. The SMILES string of the molecule is CC1(C)OB(c2ccc(C3CC(=O)c4cc(B5OC(C)(C)C(C)(C)O5)ccc4O3)cc2)OC1(C)C. The highest BCUT2D eigenvalue weighted by molar-refractivity contribution is 6.62. The Morgan fingerprint density at radius 2 is 1.14 bits per heavy atom. The fourth-order valence-electron chi connectivity index (χ4n) is 4.50. The van der Waals surface area contributed by atoms with Crippen molar-refractivity contribution < 1.29 is 28.1 Å². The van der Waals surface area contributed by atoms with Crippen molar-refractivity contribution in [2.45, 2.75) is 90.3 Å². The van der Waals surface area contributed by atoms with Crippen molar-refractivity contribution >= 4 is 30.9 Å². The van der Waals surface area contributed by atoms with Crippen LogP contribution in [0, 0.1) is 0 Å². The van der Waals surface area contributed by atoms with Crippen LogP contribution in [0.3, 0.4) is 0 Å². The highest BCUT2D eigenvalue weighted by atomic mass is 16.7. The van der Waals surface area contributed by atoms with Gasteiger partial charge >= 0.3 is 14.2 Å². The first kappa shape index (κ1) is 24.6. The molecule has 0 spiro atoms. The molecule has 6 nitrogen and oxygen atoms in total. The van der Waals surface area contributed by atoms with Crippen LogP contribution in [0.25, 0.3) is 0 Å². The van der Waals surface area contributed by atoms with Crippen molar-refractivity contribution in [2.24, 2.45) is 0 Å². The Kier molecular flexibility index (Phi) is 5.57. The molecule has 35 heavy (non-hydrogen) atoms. The van der Waals surface area contributed by atoms with Crippen molar-refractivity contribution in [1.82, 2.24) is 0 Å². The predicted molar refractivity (Wildman–Crippen MR) is 137 cm³/mol. The first-order chi connectivity index (χ1) is 16.2. The van der Waals surface area contributed by atoms with Crippen LogP contribution in [-0.4, -0.2) is 42.4 Å². The minimum absolute atomic E-state index is 0.0460. The van der Waals surface area contributed by atoms with Crippen LogP contribution in [-0.2, 0) is 18.6 Å². The molecule has 2 saturated heterocycles. The van der Waals surface area contributed by atoms with Crippen LogP contribution >= 0.6 is 0 Å². The number of rotatable bonds is 3. The molecule has 3 aliphatic heterocycles. The molecular weight excluding hydrogens is 442 g/mol. The first-order valence-corrected chi connectivity index (χ1v) is 12.3. The zero-order valence-electron chi connectivity index (χ0n) is 21.9. The Morgan fingerprint density at radius 3 is 1.66 bits per heavy atom. The maximum absolute atomic E-state index is 13.1. The summed E-state index contributed by atoms with van der Waals surface area (Å²) < 4.78 is 30.9. The number of benzene rings is 2. The van der Waals surface area contributed by atoms with E-state index in [-0.39, 0.29) is 18.3 Å². The van der Waals surface area contributed by atoms with Crippen molar-refractivity contribution in [3.8, 4) is 5.75 Å². The van der Waals surface area contributed by atoms with E-state index in [1.54, 1.807) is 0 Å². The molecular formula is C27H34B2O6. The largest absolute Gasteiger partial charge is 0.494 e. The second kappa shape index (κ2) is 7.94. The van der Waals surface area contributed by atoms with E-state index in [9.17, 15) is 4.79 Å². The van der Waals surface area contributed by atoms with Gasteiger partial charge in [0.2, 0.25) is 0 Å². The van der Waals surface area contributed by atoms with E-state index in [0.717, 1.165) is 16.5 Å². The molecule has 0 saturated carbocycles. The maximum Gasteiger partial charge on any atom is 0.494 e. The van der Waals surface area contributed by atoms with Gasteiger partial charge in [-0.15, -0.1) is 0 Å². The van der Waals surface area contributed by atoms with Crippen molar-refractivity contribution in [3.63, 3.8) is 0 Å². The lowest BCUT2D eigenvalue weighted by molar-refractivity contribution is 0.00578. The van der Waals surface area contributed by atoms with Gasteiger partial charge in [-0.3, -0.25) is 4.79 Å². The lowest BCUT2D eigenvalue weighted by Gasteiger charge is -2.32. The van der Waals surface area contributed by atoms with Gasteiger partial charge in [-0.2, -0.15) is 0 Å². The van der Waals surface area contributed by atoms with E-state index in [1.807, 2.05) is 97.9 Å². The molecule has 184 valence electrons. The highest BCUT2D eigenvalue weighted by Gasteiger charge is 2.53. The van der Waals surface area contributed by atoms with E-state index < -0.39 is 36.6 Å². The van der Waals surface area contributed by atoms with E-state index in [2.05, 4.69) is 0 Å². The summed E-state index contributed by atoms with van der Waals surface area (Å²) in [7, 11) is -0.935. The molecule has 1 unspecified atom stereocenters. The van der Waals surface area contributed by atoms with E-state index in [1.165, 1.54) is 0 Å². The number of ether oxygens (including phenoxy) is 1. The van der Waals surface area contributed by atoms with Crippen LogP contribution in [0.5, 0.6) is 5.75 Å². The van der Waals surface area contributed by atoms with E-state index in [0.29, 0.717) is 11.3 Å². The van der Waals surface area contributed by atoms with Gasteiger partial charge in [0.1, 0.15) is 11.9 Å². The summed E-state index contributed by atoms with van der Waals surface area (Å²) in [6.45, 7) is 16.2. The highest BCUT2D eigenvalue weighted by Crippen LogP contribution is 2.39. The van der Waals surface area contributed by atoms with Gasteiger partial charge in [0, 0.05) is 0 Å². The fraction of sp³-hybridized carbons (Fsp3) is 0.519. The molecule has 5 rings (SSSR count). The normalized spacial score (nSPS) is 25.9. The van der Waals surface area contributed by atoms with Gasteiger partial charge in [0.25, 0.3) is 0 Å². The first-order valence-electron chi connectivity index (χ1n) is 12.3. The molecule has 3 heterocycles. The monoisotopic (exact) mass is 476 g/mol. The van der Waals surface area contributed by atoms with Gasteiger partial charge in [-0.05, 0) is 84.0 Å². The summed E-state index contributed by atoms with van der Waals surface area (Å²) in [5.74, 6) is 0.631. The van der Waals surface area contributed by atoms with Gasteiger partial charge < -0.3 is 23.4 Å². The fourth-order valence-corrected chi connectivity index (χ4v) is 4.50. The standard InChI is InChI=1S/C27H34B2O6/c1-24(2)25(3,4)33-28(32-24)18-11-9-17(10-12-18)23-16-21(30)20-15-19(13-14-22(20)31-23)29-34-26(5,6)27(7,8)35-29/h9-15,23H,16H2,1-8H3. The number of carbonyl (C=O) groups is 1. The molecule has 0 radical (unpaired) electrons. The average molecular weight is 476 g/mol. The second-order valence-corrected chi connectivity index (χ2v) is 11.8. The predicted octanol–water partition coefficient (Wildman–Crippen LogP) is 3.99. The van der Waals surface area contributed by atoms with Crippen molar-refractivity contribution in [2.75, 3.05) is 0 Å². The van der Waals surface area contributed by atoms with E-state index >= 15 is 0 Å². The molecule has 0 bridgehead atoms. The Morgan fingerprint density at radius 1 is 0.686 bits per heavy atom. The number of ketones is 1. The van der Waals surface area contributed by atoms with Gasteiger partial charge in [0.05, 0.1) is 34.4 Å². The Balaban J connectivity index is 1.32. The third-order valence-corrected chi connectivity index (χ3v) is 8.30. The minimum Gasteiger partial charge on any atom is -0.484 e. The van der Waals surface area contributed by atoms with Gasteiger partial charge in [-0.25, -0.2) is 0 Å². The number of fused-ring (bicyclic) bond motifs is 1. The minimum atomic E-state index is -0.515. The average Bonchev–Trinajstić information content (AvgIpc) is 3.13. The Labute approximate surface area is 208 Å². The maximum atomic E-state index is 13.1. The number of hydrogen-bond acceptors (Lipinski definition) is 6. The van der Waals surface area contributed by atoms with Gasteiger partial charge in [0.15, 0.2) is 5.78 Å². The smallest absolute Gasteiger partial charge is 0.484 e. The summed E-state index contributed by atoms with van der Waals surface area (Å²) in [5.41, 5.74) is 1.63. The lowest BCUT2D eigenvalue weighted by Crippen LogP contribution is -2.41. The topological polar surface area (TPSA) is 63.2 Å². The number of hydrogen-bond donors (Lipinski definition) is 0. The quantitative estimate of drug-likeness (QED) is 0.625. The molecule has 0 amide bonds. The molecule has 0 aliphatic carbocycles. The zero-order valence-corrected chi connectivity index (χ0v) is 21.9. The molecule has 2 aromatic rings. The van der Waals surface area contributed by atoms with Crippen LogP contribution in [0.15, 0.2) is 42.5 Å². The van der Waals surface area contributed by atoms with Crippen LogP contribution in [0.1, 0.15) is 83.8 Å². The van der Waals surface area contributed by atoms with Crippen molar-refractivity contribution in [1.29, 1.82) is 0 Å². The molecule has 1 atom stereocenters. The molecule has 3 aliphatic rings. The number of Topliss-reactive ketones (excluding diaryl/α,β-unsaturated/α-hetero) is 1. The lowest BCUT2D eigenvalue weighted by atomic mass is 9.77. The summed E-state index contributed by atoms with van der Waals surface area (Å²) in [5, 5.41) is 0. The molecule has 2 aromatic carbocycles. The number of carbonyl (C=O) groups excluding carboxylic acids is 1. The van der Waals surface area contributed by atoms with Crippen molar-refractivity contribution in [3.05, 3.63) is 53.6 Å². The van der Waals surface area contributed by atoms with Crippen LogP contribution < -0.4 is 15.7 Å². The van der Waals surface area contributed by atoms with Crippen LogP contribution in [0.2, 0.25) is 0 Å². The zero-order chi connectivity index (χ0) is 25.4. The summed E-state index contributed by atoms with van der Waals surface area (Å²) in [6, 6.07) is 13.6. The van der Waals surface area contributed by atoms with Gasteiger partial charge in [-0.1, -0.05) is 30.3 Å². The van der Waals surface area contributed by atoms with E-state index in [4.69, 9.17) is 23.4 Å².